The van der Waals surface area contributed by atoms with E-state index in [1.165, 1.54) is 0 Å². The zero-order chi connectivity index (χ0) is 19.6. The molecule has 0 aliphatic rings. The van der Waals surface area contributed by atoms with Crippen molar-refractivity contribution >= 4 is 23.3 Å². The third kappa shape index (κ3) is 6.21. The summed E-state index contributed by atoms with van der Waals surface area (Å²) >= 11 is 6.01. The van der Waals surface area contributed by atoms with Gasteiger partial charge in [-0.3, -0.25) is 0 Å². The van der Waals surface area contributed by atoms with Crippen molar-refractivity contribution in [1.82, 2.24) is 5.32 Å². The molecule has 0 aromatic heterocycles. The molecule has 0 aliphatic heterocycles. The van der Waals surface area contributed by atoms with E-state index in [1.54, 1.807) is 24.3 Å². The average molecular weight is 397 g/mol. The first kappa shape index (κ1) is 19.6. The van der Waals surface area contributed by atoms with Gasteiger partial charge in [-0.25, -0.2) is 4.79 Å². The van der Waals surface area contributed by atoms with E-state index in [9.17, 15) is 4.79 Å². The molecular weight excluding hydrogens is 376 g/mol. The second kappa shape index (κ2) is 10.2. The lowest BCUT2D eigenvalue weighted by atomic mass is 10.2. The Hall–Kier alpha value is -3.18. The monoisotopic (exact) mass is 396 g/mol. The Labute approximate surface area is 169 Å². The molecule has 0 unspecified atom stereocenters. The summed E-state index contributed by atoms with van der Waals surface area (Å²) in [6, 6.07) is 24.1. The molecule has 0 radical (unpaired) electrons. The molecule has 0 aliphatic carbocycles. The number of rotatable bonds is 8. The summed E-state index contributed by atoms with van der Waals surface area (Å²) in [6.45, 7) is 1.18. The fraction of sp³-hybridized carbons (Fsp3) is 0.136. The quantitative estimate of drug-likeness (QED) is 0.519. The van der Waals surface area contributed by atoms with Gasteiger partial charge in [0.25, 0.3) is 0 Å². The fourth-order valence-corrected chi connectivity index (χ4v) is 2.63. The van der Waals surface area contributed by atoms with Crippen LogP contribution in [-0.4, -0.2) is 19.2 Å². The van der Waals surface area contributed by atoms with Gasteiger partial charge < -0.3 is 20.1 Å². The molecule has 144 valence electrons. The van der Waals surface area contributed by atoms with E-state index in [4.69, 9.17) is 21.1 Å². The lowest BCUT2D eigenvalue weighted by molar-refractivity contribution is 0.247. The van der Waals surface area contributed by atoms with Gasteiger partial charge in [-0.1, -0.05) is 54.1 Å². The van der Waals surface area contributed by atoms with Gasteiger partial charge in [0.15, 0.2) is 0 Å². The van der Waals surface area contributed by atoms with E-state index < -0.39 is 0 Å². The third-order valence-electron chi connectivity index (χ3n) is 3.84. The maximum absolute atomic E-state index is 12.0. The minimum absolute atomic E-state index is 0.305. The molecule has 0 atom stereocenters. The standard InChI is InChI=1S/C22H21ClN2O3/c23-20-8-4-5-9-21(20)27-15-14-24-22(26)25-18-10-12-19(13-11-18)28-16-17-6-2-1-3-7-17/h1-13H,14-16H2,(H2,24,25,26). The van der Waals surface area contributed by atoms with Crippen LogP contribution in [0.5, 0.6) is 11.5 Å². The Morgan fingerprint density at radius 1 is 0.857 bits per heavy atom. The van der Waals surface area contributed by atoms with Gasteiger partial charge in [-0.05, 0) is 42.0 Å². The zero-order valence-corrected chi connectivity index (χ0v) is 16.0. The molecule has 3 aromatic carbocycles. The Bertz CT molecular complexity index is 886. The second-order valence-corrected chi connectivity index (χ2v) is 6.37. The molecule has 2 N–H and O–H groups in total. The number of halogens is 1. The van der Waals surface area contributed by atoms with Crippen LogP contribution in [0.4, 0.5) is 10.5 Å². The number of ether oxygens (including phenoxy) is 2. The highest BCUT2D eigenvalue weighted by Gasteiger charge is 2.03. The van der Waals surface area contributed by atoms with Crippen LogP contribution in [0.2, 0.25) is 5.02 Å². The maximum Gasteiger partial charge on any atom is 0.319 e. The molecule has 0 heterocycles. The Morgan fingerprint density at radius 3 is 2.32 bits per heavy atom. The van der Waals surface area contributed by atoms with Gasteiger partial charge in [0, 0.05) is 5.69 Å². The first-order chi connectivity index (χ1) is 13.7. The highest BCUT2D eigenvalue weighted by molar-refractivity contribution is 6.32. The molecule has 5 nitrogen and oxygen atoms in total. The molecule has 0 fully saturated rings. The van der Waals surface area contributed by atoms with Gasteiger partial charge in [0.05, 0.1) is 11.6 Å². The molecule has 0 bridgehead atoms. The van der Waals surface area contributed by atoms with Gasteiger partial charge in [-0.15, -0.1) is 0 Å². The number of para-hydroxylation sites is 1. The minimum atomic E-state index is -0.305. The van der Waals surface area contributed by atoms with Crippen molar-refractivity contribution in [3.63, 3.8) is 0 Å². The first-order valence-electron chi connectivity index (χ1n) is 8.90. The lowest BCUT2D eigenvalue weighted by Crippen LogP contribution is -2.32. The Morgan fingerprint density at radius 2 is 1.57 bits per heavy atom. The summed E-state index contributed by atoms with van der Waals surface area (Å²) in [7, 11) is 0. The van der Waals surface area contributed by atoms with Crippen LogP contribution in [0.15, 0.2) is 78.9 Å². The van der Waals surface area contributed by atoms with E-state index in [0.717, 1.165) is 11.3 Å². The summed E-state index contributed by atoms with van der Waals surface area (Å²) in [5, 5.41) is 6.04. The van der Waals surface area contributed by atoms with Gasteiger partial charge in [-0.2, -0.15) is 0 Å². The summed E-state index contributed by atoms with van der Waals surface area (Å²) in [6.07, 6.45) is 0. The van der Waals surface area contributed by atoms with E-state index >= 15 is 0 Å². The maximum atomic E-state index is 12.0. The van der Waals surface area contributed by atoms with E-state index in [1.807, 2.05) is 54.6 Å². The van der Waals surface area contributed by atoms with Gasteiger partial charge in [0.2, 0.25) is 0 Å². The highest BCUT2D eigenvalue weighted by Crippen LogP contribution is 2.22. The number of hydrogen-bond donors (Lipinski definition) is 2. The molecule has 0 spiro atoms. The van der Waals surface area contributed by atoms with Crippen molar-refractivity contribution in [2.45, 2.75) is 6.61 Å². The number of anilines is 1. The molecule has 2 amide bonds. The summed E-state index contributed by atoms with van der Waals surface area (Å²) in [5.41, 5.74) is 1.78. The first-order valence-corrected chi connectivity index (χ1v) is 9.27. The largest absolute Gasteiger partial charge is 0.490 e. The number of hydrogen-bond acceptors (Lipinski definition) is 3. The average Bonchev–Trinajstić information content (AvgIpc) is 2.73. The van der Waals surface area contributed by atoms with Crippen molar-refractivity contribution in [1.29, 1.82) is 0 Å². The van der Waals surface area contributed by atoms with E-state index in [0.29, 0.717) is 36.2 Å². The topological polar surface area (TPSA) is 59.6 Å². The molecule has 0 saturated heterocycles. The van der Waals surface area contributed by atoms with Gasteiger partial charge >= 0.3 is 6.03 Å². The SMILES string of the molecule is O=C(NCCOc1ccccc1Cl)Nc1ccc(OCc2ccccc2)cc1. The van der Waals surface area contributed by atoms with Crippen LogP contribution in [-0.2, 0) is 6.61 Å². The van der Waals surface area contributed by atoms with Crippen LogP contribution in [0.25, 0.3) is 0 Å². The van der Waals surface area contributed by atoms with Crippen LogP contribution in [0.3, 0.4) is 0 Å². The number of urea groups is 1. The molecule has 3 rings (SSSR count). The summed E-state index contributed by atoms with van der Waals surface area (Å²) in [4.78, 5) is 12.0. The number of benzene rings is 3. The Kier molecular flexibility index (Phi) is 7.15. The molecular formula is C22H21ClN2O3. The predicted molar refractivity (Wildman–Crippen MR) is 111 cm³/mol. The lowest BCUT2D eigenvalue weighted by Gasteiger charge is -2.11. The van der Waals surface area contributed by atoms with Crippen molar-refractivity contribution in [2.75, 3.05) is 18.5 Å². The smallest absolute Gasteiger partial charge is 0.319 e. The van der Waals surface area contributed by atoms with Crippen LogP contribution >= 0.6 is 11.6 Å². The third-order valence-corrected chi connectivity index (χ3v) is 4.15. The normalized spacial score (nSPS) is 10.2. The second-order valence-electron chi connectivity index (χ2n) is 5.96. The van der Waals surface area contributed by atoms with Crippen LogP contribution < -0.4 is 20.1 Å². The number of amides is 2. The van der Waals surface area contributed by atoms with Crippen molar-refractivity contribution in [3.05, 3.63) is 89.4 Å². The van der Waals surface area contributed by atoms with Crippen molar-refractivity contribution in [3.8, 4) is 11.5 Å². The number of carbonyl (C=O) groups is 1. The number of carbonyl (C=O) groups excluding carboxylic acids is 1. The molecule has 0 saturated carbocycles. The van der Waals surface area contributed by atoms with Crippen LogP contribution in [0, 0.1) is 0 Å². The number of nitrogens with one attached hydrogen (secondary N) is 2. The van der Waals surface area contributed by atoms with E-state index in [2.05, 4.69) is 10.6 Å². The van der Waals surface area contributed by atoms with Crippen LogP contribution in [0.1, 0.15) is 5.56 Å². The van der Waals surface area contributed by atoms with Crippen molar-refractivity contribution < 1.29 is 14.3 Å². The molecule has 3 aromatic rings. The zero-order valence-electron chi connectivity index (χ0n) is 15.2. The van der Waals surface area contributed by atoms with E-state index in [-0.39, 0.29) is 6.03 Å². The summed E-state index contributed by atoms with van der Waals surface area (Å²) < 4.78 is 11.3. The molecule has 6 heteroatoms. The molecule has 28 heavy (non-hydrogen) atoms. The van der Waals surface area contributed by atoms with Gasteiger partial charge in [0.1, 0.15) is 24.7 Å². The predicted octanol–water partition coefficient (Wildman–Crippen LogP) is 5.12. The minimum Gasteiger partial charge on any atom is -0.490 e. The highest BCUT2D eigenvalue weighted by atomic mass is 35.5. The van der Waals surface area contributed by atoms with Crippen molar-refractivity contribution in [2.24, 2.45) is 0 Å². The Balaban J connectivity index is 1.37. The summed E-state index contributed by atoms with van der Waals surface area (Å²) in [5.74, 6) is 1.33. The fourth-order valence-electron chi connectivity index (χ4n) is 2.44.